The number of methoxy groups -OCH3 is 2. The number of benzene rings is 3. The molecule has 2 aliphatic heterocycles. The van der Waals surface area contributed by atoms with Crippen LogP contribution in [0.1, 0.15) is 75.7 Å². The van der Waals surface area contributed by atoms with Crippen molar-refractivity contribution in [1.82, 2.24) is 0 Å². The van der Waals surface area contributed by atoms with Crippen LogP contribution in [0.3, 0.4) is 0 Å². The predicted octanol–water partition coefficient (Wildman–Crippen LogP) is 9.27. The predicted molar refractivity (Wildman–Crippen MR) is 231 cm³/mol. The molecule has 2 aliphatic carbocycles. The summed E-state index contributed by atoms with van der Waals surface area (Å²) >= 11 is 1.70. The lowest BCUT2D eigenvalue weighted by atomic mass is 9.56. The quantitative estimate of drug-likeness (QED) is 0.0603. The highest BCUT2D eigenvalue weighted by Gasteiger charge is 2.64. The zero-order valence-corrected chi connectivity index (χ0v) is 35.4. The highest BCUT2D eigenvalue weighted by atomic mass is 32.2. The Morgan fingerprint density at radius 2 is 1.78 bits per heavy atom. The summed E-state index contributed by atoms with van der Waals surface area (Å²) in [7, 11) is 3.09. The Kier molecular flexibility index (Phi) is 15.1. The first-order valence-electron chi connectivity index (χ1n) is 21.2. The Morgan fingerprint density at radius 1 is 0.983 bits per heavy atom. The van der Waals surface area contributed by atoms with Gasteiger partial charge in [0.1, 0.15) is 23.0 Å². The van der Waals surface area contributed by atoms with Crippen molar-refractivity contribution in [3.8, 4) is 23.0 Å². The van der Waals surface area contributed by atoms with E-state index >= 15 is 0 Å². The lowest BCUT2D eigenvalue weighted by Crippen LogP contribution is -2.64. The molecule has 7 atom stereocenters. The number of fused-ring (bicyclic) bond motifs is 2. The zero-order valence-electron chi connectivity index (χ0n) is 34.6. The Labute approximate surface area is 357 Å². The number of unbranched alkanes of at least 4 members (excludes halogenated alkanes) is 2. The van der Waals surface area contributed by atoms with Crippen LogP contribution < -0.4 is 24.3 Å². The van der Waals surface area contributed by atoms with Crippen LogP contribution in [0.5, 0.6) is 23.0 Å². The Balaban J connectivity index is 1.35. The number of hydrogen-bond acceptors (Lipinski definition) is 12. The number of ether oxygens (including phenoxy) is 6. The van der Waals surface area contributed by atoms with Crippen molar-refractivity contribution in [2.24, 2.45) is 22.9 Å². The number of nitrogens with one attached hydrogen (secondary N) is 1. The molecule has 3 aromatic rings. The normalized spacial score (nSPS) is 26.1. The number of hydrogen-bond donors (Lipinski definition) is 3. The van der Waals surface area contributed by atoms with E-state index in [1.807, 2.05) is 30.3 Å². The summed E-state index contributed by atoms with van der Waals surface area (Å²) in [5, 5.41) is 27.3. The number of aliphatic hydroxyl groups is 2. The van der Waals surface area contributed by atoms with E-state index in [1.165, 1.54) is 7.11 Å². The molecule has 1 saturated carbocycles. The fraction of sp³-hybridized carbons (Fsp3) is 0.489. The minimum atomic E-state index is -1.16. The van der Waals surface area contributed by atoms with E-state index in [4.69, 9.17) is 38.4 Å². The van der Waals surface area contributed by atoms with Gasteiger partial charge in [0, 0.05) is 48.5 Å². The number of thioether (sulfide) groups is 1. The lowest BCUT2D eigenvalue weighted by molar-refractivity contribution is -0.223. The van der Waals surface area contributed by atoms with E-state index < -0.39 is 18.2 Å². The molecular weight excluding hydrogens is 785 g/mol. The topological polar surface area (TPSA) is 147 Å². The van der Waals surface area contributed by atoms with E-state index in [1.54, 1.807) is 49.2 Å². The summed E-state index contributed by atoms with van der Waals surface area (Å²) in [6.45, 7) is 5.14. The second-order valence-electron chi connectivity index (χ2n) is 15.7. The van der Waals surface area contributed by atoms with Crippen LogP contribution in [-0.4, -0.2) is 80.0 Å². The first-order valence-corrected chi connectivity index (χ1v) is 22.1. The van der Waals surface area contributed by atoms with Crippen LogP contribution in [0.2, 0.25) is 0 Å². The number of allylic oxidation sites excluding steroid dienone is 1. The van der Waals surface area contributed by atoms with Crippen molar-refractivity contribution < 1.29 is 48.3 Å². The van der Waals surface area contributed by atoms with Crippen molar-refractivity contribution >= 4 is 29.3 Å². The molecule has 0 aromatic heterocycles. The third-order valence-corrected chi connectivity index (χ3v) is 13.2. The number of carbonyl (C=O) groups excluding carboxylic acids is 1. The molecule has 1 saturated heterocycles. The third kappa shape index (κ3) is 9.81. The number of anilines is 1. The maximum atomic E-state index is 13.5. The van der Waals surface area contributed by atoms with Gasteiger partial charge in [-0.25, -0.2) is 4.79 Å². The van der Waals surface area contributed by atoms with Gasteiger partial charge in [-0.15, -0.1) is 18.3 Å². The third-order valence-electron chi connectivity index (χ3n) is 11.9. The van der Waals surface area contributed by atoms with Gasteiger partial charge in [-0.2, -0.15) is 0 Å². The van der Waals surface area contributed by atoms with Gasteiger partial charge in [-0.05, 0) is 98.4 Å². The van der Waals surface area contributed by atoms with Crippen LogP contribution in [0, 0.1) is 17.8 Å². The fourth-order valence-electron chi connectivity index (χ4n) is 9.21. The van der Waals surface area contributed by atoms with Gasteiger partial charge in [0.05, 0.1) is 50.0 Å². The molecule has 0 radical (unpaired) electrons. The molecule has 7 rings (SSSR count). The average Bonchev–Trinajstić information content (AvgIpc) is 3.27. The van der Waals surface area contributed by atoms with E-state index in [0.717, 1.165) is 66.7 Å². The maximum Gasteiger partial charge on any atom is 0.417 e. The molecule has 3 aromatic carbocycles. The van der Waals surface area contributed by atoms with E-state index in [0.29, 0.717) is 54.6 Å². The van der Waals surface area contributed by atoms with Crippen molar-refractivity contribution in [1.29, 1.82) is 0 Å². The first kappa shape index (κ1) is 43.6. The van der Waals surface area contributed by atoms with Gasteiger partial charge in [0.15, 0.2) is 0 Å². The highest BCUT2D eigenvalue weighted by molar-refractivity contribution is 8.00. The molecule has 0 spiro atoms. The molecule has 12 nitrogen and oxygen atoms in total. The zero-order chi connectivity index (χ0) is 41.9. The summed E-state index contributed by atoms with van der Waals surface area (Å²) in [6.07, 6.45) is 11.0. The largest absolute Gasteiger partial charge is 0.497 e. The van der Waals surface area contributed by atoms with Gasteiger partial charge in [-0.1, -0.05) is 48.3 Å². The van der Waals surface area contributed by atoms with Crippen LogP contribution in [0.4, 0.5) is 10.5 Å². The maximum absolute atomic E-state index is 13.5. The molecule has 60 heavy (non-hydrogen) atoms. The second kappa shape index (κ2) is 20.8. The Morgan fingerprint density at radius 3 is 2.52 bits per heavy atom. The van der Waals surface area contributed by atoms with Gasteiger partial charge in [0.2, 0.25) is 12.1 Å². The van der Waals surface area contributed by atoms with E-state index in [9.17, 15) is 15.0 Å². The molecule has 4 aliphatic rings. The SMILES string of the molecule is C=CCOC12Oc3ccc(OC(=O)Nc4ccc(OC)cc4OC)cc3C3C(CCCCO)C(CCCCO)C=C(C(=NOC4CCCCO4)CC1Sc1ccccc1)C32. The summed E-state index contributed by atoms with van der Waals surface area (Å²) in [4.78, 5) is 20.8. The fourth-order valence-corrected chi connectivity index (χ4v) is 10.5. The van der Waals surface area contributed by atoms with Gasteiger partial charge in [0.25, 0.3) is 0 Å². The summed E-state index contributed by atoms with van der Waals surface area (Å²) in [5.41, 5.74) is 3.18. The van der Waals surface area contributed by atoms with Crippen LogP contribution in [0.25, 0.3) is 0 Å². The molecular formula is C47H58N2O10S. The van der Waals surface area contributed by atoms with Crippen molar-refractivity contribution in [3.05, 3.63) is 96.6 Å². The molecule has 7 unspecified atom stereocenters. The summed E-state index contributed by atoms with van der Waals surface area (Å²) < 4.78 is 37.1. The van der Waals surface area contributed by atoms with Crippen LogP contribution >= 0.6 is 11.8 Å². The molecule has 2 heterocycles. The van der Waals surface area contributed by atoms with Crippen molar-refractivity contribution in [2.75, 3.05) is 46.0 Å². The summed E-state index contributed by atoms with van der Waals surface area (Å²) in [6, 6.07) is 20.9. The number of amides is 1. The molecule has 13 heteroatoms. The van der Waals surface area contributed by atoms with Crippen molar-refractivity contribution in [3.63, 3.8) is 0 Å². The molecule has 3 N–H and O–H groups in total. The number of nitrogens with zero attached hydrogens (tertiary/aromatic N) is 1. The smallest absolute Gasteiger partial charge is 0.417 e. The number of rotatable bonds is 19. The standard InChI is InChI=1S/C47H58N2O10S/c1-4-25-56-47-42(60-34-15-6-5-7-16-34)30-39(49-59-43-18-10-13-26-55-43)36-27-31(14-8-11-23-50)35(17-9-12-24-51)44(45(36)47)37-28-33(20-22-40(37)58-47)57-46(52)48-38-21-19-32(53-2)29-41(38)54-3/h4-7,15-16,19-22,27-29,31,35,42-45,50-51H,1,8-14,17-18,23-26,30H2,2-3H3,(H,48,52). The van der Waals surface area contributed by atoms with E-state index in [-0.39, 0.29) is 48.7 Å². The highest BCUT2D eigenvalue weighted by Crippen LogP contribution is 2.63. The number of aliphatic hydroxyl groups excluding tert-OH is 2. The average molecular weight is 843 g/mol. The minimum absolute atomic E-state index is 0.0790. The van der Waals surface area contributed by atoms with Crippen molar-refractivity contribution in [2.45, 2.75) is 92.3 Å². The molecule has 0 bridgehead atoms. The van der Waals surface area contributed by atoms with Crippen LogP contribution in [-0.2, 0) is 14.3 Å². The monoisotopic (exact) mass is 842 g/mol. The van der Waals surface area contributed by atoms with Crippen LogP contribution in [0.15, 0.2) is 101 Å². The van der Waals surface area contributed by atoms with E-state index in [2.05, 4.69) is 30.1 Å². The number of oxime groups is 1. The minimum Gasteiger partial charge on any atom is -0.497 e. The lowest BCUT2D eigenvalue weighted by Gasteiger charge is -2.58. The Bertz CT molecular complexity index is 1970. The Hall–Kier alpha value is -4.53. The molecule has 1 amide bonds. The van der Waals surface area contributed by atoms with Gasteiger partial charge >= 0.3 is 6.09 Å². The van der Waals surface area contributed by atoms with Gasteiger partial charge in [-0.3, -0.25) is 5.32 Å². The molecule has 2 fully saturated rings. The second-order valence-corrected chi connectivity index (χ2v) is 16.9. The first-order chi connectivity index (χ1) is 29.4. The summed E-state index contributed by atoms with van der Waals surface area (Å²) in [5.74, 6) is 0.503. The number of carbonyl (C=O) groups is 1. The van der Waals surface area contributed by atoms with Gasteiger partial charge < -0.3 is 43.5 Å². The molecule has 322 valence electrons.